The number of sulfonamides is 1. The van der Waals surface area contributed by atoms with E-state index in [2.05, 4.69) is 5.32 Å². The third kappa shape index (κ3) is 1.82. The first kappa shape index (κ1) is 12.0. The topological polar surface area (TPSA) is 49.4 Å². The number of nitrogens with zero attached hydrogens (tertiary/aromatic N) is 1. The first-order valence-electron chi connectivity index (χ1n) is 6.44. The van der Waals surface area contributed by atoms with Gasteiger partial charge in [0.05, 0.1) is 4.90 Å². The van der Waals surface area contributed by atoms with E-state index in [0.29, 0.717) is 4.90 Å². The molecule has 1 aliphatic heterocycles. The van der Waals surface area contributed by atoms with Gasteiger partial charge in [0.15, 0.2) is 0 Å². The normalized spacial score (nSPS) is 19.4. The van der Waals surface area contributed by atoms with Crippen LogP contribution >= 0.6 is 0 Å². The highest BCUT2D eigenvalue weighted by Crippen LogP contribution is 2.31. The molecule has 0 aromatic heterocycles. The average Bonchev–Trinajstić information content (AvgIpc) is 2.73. The Hall–Kier alpha value is -1.07. The molecule has 0 amide bonds. The first-order chi connectivity index (χ1) is 8.59. The Labute approximate surface area is 108 Å². The van der Waals surface area contributed by atoms with E-state index in [1.54, 1.807) is 17.4 Å². The van der Waals surface area contributed by atoms with E-state index in [1.807, 2.05) is 12.1 Å². The van der Waals surface area contributed by atoms with E-state index < -0.39 is 10.0 Å². The molecule has 3 rings (SSSR count). The summed E-state index contributed by atoms with van der Waals surface area (Å²) in [6, 6.07) is 5.60. The van der Waals surface area contributed by atoms with Crippen LogP contribution in [0.1, 0.15) is 24.8 Å². The monoisotopic (exact) mass is 266 g/mol. The first-order valence-corrected chi connectivity index (χ1v) is 7.88. The Balaban J connectivity index is 1.93. The summed E-state index contributed by atoms with van der Waals surface area (Å²) in [5.41, 5.74) is 2.18. The number of rotatable bonds is 3. The summed E-state index contributed by atoms with van der Waals surface area (Å²) in [4.78, 5) is 0.430. The molecule has 5 heteroatoms. The predicted molar refractivity (Wildman–Crippen MR) is 71.2 cm³/mol. The van der Waals surface area contributed by atoms with Crippen molar-refractivity contribution in [3.05, 3.63) is 23.8 Å². The number of nitrogens with one attached hydrogen (secondary N) is 1. The SMILES string of the molecule is CN(C1CCC1)S(=O)(=O)c1ccc2c(c1)CCN2. The summed E-state index contributed by atoms with van der Waals surface area (Å²) < 4.78 is 26.5. The molecule has 1 saturated carbocycles. The lowest BCUT2D eigenvalue weighted by molar-refractivity contribution is 0.249. The van der Waals surface area contributed by atoms with Gasteiger partial charge in [-0.25, -0.2) is 8.42 Å². The summed E-state index contributed by atoms with van der Waals surface area (Å²) in [5, 5.41) is 3.24. The van der Waals surface area contributed by atoms with E-state index in [4.69, 9.17) is 0 Å². The average molecular weight is 266 g/mol. The fourth-order valence-electron chi connectivity index (χ4n) is 2.55. The molecule has 0 atom stereocenters. The van der Waals surface area contributed by atoms with E-state index in [0.717, 1.165) is 43.5 Å². The second kappa shape index (κ2) is 4.24. The molecular formula is C13H18N2O2S. The maximum absolute atomic E-state index is 12.5. The molecule has 4 nitrogen and oxygen atoms in total. The van der Waals surface area contributed by atoms with Crippen LogP contribution in [-0.4, -0.2) is 32.4 Å². The molecule has 0 unspecified atom stereocenters. The Morgan fingerprint density at radius 3 is 2.78 bits per heavy atom. The van der Waals surface area contributed by atoms with Crippen LogP contribution in [0, 0.1) is 0 Å². The fourth-order valence-corrected chi connectivity index (χ4v) is 4.02. The quantitative estimate of drug-likeness (QED) is 0.908. The van der Waals surface area contributed by atoms with E-state index in [-0.39, 0.29) is 6.04 Å². The van der Waals surface area contributed by atoms with Gasteiger partial charge in [0.1, 0.15) is 0 Å². The van der Waals surface area contributed by atoms with Crippen molar-refractivity contribution in [3.8, 4) is 0 Å². The van der Waals surface area contributed by atoms with Crippen molar-refractivity contribution in [2.75, 3.05) is 18.9 Å². The molecule has 1 aliphatic carbocycles. The Bertz CT molecular complexity index is 564. The molecule has 0 radical (unpaired) electrons. The minimum Gasteiger partial charge on any atom is -0.384 e. The molecule has 0 spiro atoms. The molecular weight excluding hydrogens is 248 g/mol. The minimum absolute atomic E-state index is 0.196. The van der Waals surface area contributed by atoms with Gasteiger partial charge in [-0.15, -0.1) is 0 Å². The molecule has 98 valence electrons. The highest BCUT2D eigenvalue weighted by Gasteiger charge is 2.32. The van der Waals surface area contributed by atoms with Gasteiger partial charge < -0.3 is 5.32 Å². The van der Waals surface area contributed by atoms with E-state index in [9.17, 15) is 8.42 Å². The number of hydrogen-bond donors (Lipinski definition) is 1. The second-order valence-electron chi connectivity index (χ2n) is 5.10. The number of fused-ring (bicyclic) bond motifs is 1. The summed E-state index contributed by atoms with van der Waals surface area (Å²) in [5.74, 6) is 0. The lowest BCUT2D eigenvalue weighted by Gasteiger charge is -2.33. The largest absolute Gasteiger partial charge is 0.384 e. The summed E-state index contributed by atoms with van der Waals surface area (Å²) in [6.45, 7) is 0.900. The molecule has 1 aromatic rings. The van der Waals surface area contributed by atoms with Crippen molar-refractivity contribution >= 4 is 15.7 Å². The zero-order chi connectivity index (χ0) is 12.8. The molecule has 0 bridgehead atoms. The Morgan fingerprint density at radius 1 is 1.33 bits per heavy atom. The van der Waals surface area contributed by atoms with Crippen molar-refractivity contribution in [1.29, 1.82) is 0 Å². The third-order valence-corrected chi connectivity index (χ3v) is 5.96. The molecule has 1 heterocycles. The van der Waals surface area contributed by atoms with Gasteiger partial charge in [0.25, 0.3) is 0 Å². The van der Waals surface area contributed by atoms with Crippen molar-refractivity contribution < 1.29 is 8.42 Å². The van der Waals surface area contributed by atoms with Gasteiger partial charge in [-0.3, -0.25) is 0 Å². The zero-order valence-corrected chi connectivity index (χ0v) is 11.3. The maximum atomic E-state index is 12.5. The molecule has 0 saturated heterocycles. The van der Waals surface area contributed by atoms with Gasteiger partial charge in [-0.2, -0.15) is 4.31 Å². The van der Waals surface area contributed by atoms with Crippen LogP contribution in [0.25, 0.3) is 0 Å². The highest BCUT2D eigenvalue weighted by atomic mass is 32.2. The minimum atomic E-state index is -3.32. The molecule has 18 heavy (non-hydrogen) atoms. The highest BCUT2D eigenvalue weighted by molar-refractivity contribution is 7.89. The van der Waals surface area contributed by atoms with Crippen LogP contribution < -0.4 is 5.32 Å². The van der Waals surface area contributed by atoms with Crippen LogP contribution in [0.4, 0.5) is 5.69 Å². The van der Waals surface area contributed by atoms with Gasteiger partial charge in [-0.1, -0.05) is 6.42 Å². The van der Waals surface area contributed by atoms with Crippen LogP contribution in [0.2, 0.25) is 0 Å². The van der Waals surface area contributed by atoms with Gasteiger partial charge in [-0.05, 0) is 43.0 Å². The van der Waals surface area contributed by atoms with Crippen LogP contribution in [-0.2, 0) is 16.4 Å². The maximum Gasteiger partial charge on any atom is 0.243 e. The fraction of sp³-hybridized carbons (Fsp3) is 0.538. The van der Waals surface area contributed by atoms with Crippen LogP contribution in [0.15, 0.2) is 23.1 Å². The third-order valence-electron chi connectivity index (χ3n) is 4.05. The summed E-state index contributed by atoms with van der Waals surface area (Å²) in [6.07, 6.45) is 4.02. The van der Waals surface area contributed by atoms with Crippen LogP contribution in [0.5, 0.6) is 0 Å². The van der Waals surface area contributed by atoms with Gasteiger partial charge in [0.2, 0.25) is 10.0 Å². The van der Waals surface area contributed by atoms with Crippen molar-refractivity contribution in [2.45, 2.75) is 36.6 Å². The predicted octanol–water partition coefficient (Wildman–Crippen LogP) is 1.83. The zero-order valence-electron chi connectivity index (χ0n) is 10.5. The standard InChI is InChI=1S/C13H18N2O2S/c1-15(11-3-2-4-11)18(16,17)12-5-6-13-10(9-12)7-8-14-13/h5-6,9,11,14H,2-4,7-8H2,1H3. The van der Waals surface area contributed by atoms with E-state index >= 15 is 0 Å². The van der Waals surface area contributed by atoms with Gasteiger partial charge >= 0.3 is 0 Å². The van der Waals surface area contributed by atoms with Gasteiger partial charge in [0, 0.05) is 25.3 Å². The Kier molecular flexibility index (Phi) is 2.83. The number of anilines is 1. The molecule has 1 N–H and O–H groups in total. The second-order valence-corrected chi connectivity index (χ2v) is 7.10. The Morgan fingerprint density at radius 2 is 2.11 bits per heavy atom. The smallest absolute Gasteiger partial charge is 0.243 e. The van der Waals surface area contributed by atoms with E-state index in [1.165, 1.54) is 0 Å². The lowest BCUT2D eigenvalue weighted by atomic mass is 9.94. The van der Waals surface area contributed by atoms with Crippen molar-refractivity contribution in [3.63, 3.8) is 0 Å². The van der Waals surface area contributed by atoms with Crippen molar-refractivity contribution in [1.82, 2.24) is 4.31 Å². The molecule has 2 aliphatic rings. The van der Waals surface area contributed by atoms with Crippen LogP contribution in [0.3, 0.4) is 0 Å². The lowest BCUT2D eigenvalue weighted by Crippen LogP contribution is -2.41. The molecule has 1 aromatic carbocycles. The summed E-state index contributed by atoms with van der Waals surface area (Å²) >= 11 is 0. The summed E-state index contributed by atoms with van der Waals surface area (Å²) in [7, 11) is -1.62. The number of benzene rings is 1. The molecule has 1 fully saturated rings. The van der Waals surface area contributed by atoms with Crippen molar-refractivity contribution in [2.24, 2.45) is 0 Å². The number of hydrogen-bond acceptors (Lipinski definition) is 3.